The van der Waals surface area contributed by atoms with E-state index in [4.69, 9.17) is 13.6 Å². The molecular formula is C12H24O4Si. The van der Waals surface area contributed by atoms with Gasteiger partial charge in [-0.05, 0) is 19.8 Å². The molecule has 5 heteroatoms. The quantitative estimate of drug-likeness (QED) is 0.343. The Bertz CT molecular complexity index is 211. The van der Waals surface area contributed by atoms with Gasteiger partial charge in [0.05, 0.1) is 6.61 Å². The third-order valence-electron chi connectivity index (χ3n) is 1.92. The van der Waals surface area contributed by atoms with E-state index in [0.29, 0.717) is 12.7 Å². The van der Waals surface area contributed by atoms with Crippen molar-refractivity contribution in [2.45, 2.75) is 39.7 Å². The predicted molar refractivity (Wildman–Crippen MR) is 70.2 cm³/mol. The average Bonchev–Trinajstić information content (AvgIpc) is 2.32. The second-order valence-corrected chi connectivity index (χ2v) is 5.73. The molecule has 0 aromatic rings. The molecule has 0 amide bonds. The lowest BCUT2D eigenvalue weighted by atomic mass is 10.5. The van der Waals surface area contributed by atoms with Gasteiger partial charge in [0.15, 0.2) is 0 Å². The molecule has 4 nitrogen and oxygen atoms in total. The topological polar surface area (TPSA) is 44.8 Å². The molecule has 0 aliphatic carbocycles. The molecule has 0 radical (unpaired) electrons. The molecular weight excluding hydrogens is 236 g/mol. The summed E-state index contributed by atoms with van der Waals surface area (Å²) < 4.78 is 16.3. The van der Waals surface area contributed by atoms with Crippen LogP contribution in [0.25, 0.3) is 0 Å². The van der Waals surface area contributed by atoms with Gasteiger partial charge in [-0.2, -0.15) is 0 Å². The fourth-order valence-corrected chi connectivity index (χ4v) is 2.89. The van der Waals surface area contributed by atoms with Gasteiger partial charge in [0.2, 0.25) is 0 Å². The minimum absolute atomic E-state index is 0.300. The molecule has 0 saturated carbocycles. The molecule has 0 aliphatic heterocycles. The molecule has 100 valence electrons. The van der Waals surface area contributed by atoms with Gasteiger partial charge < -0.3 is 13.6 Å². The highest BCUT2D eigenvalue weighted by Crippen LogP contribution is 2.01. The number of allylic oxidation sites excluding steroid dienone is 1. The molecule has 17 heavy (non-hydrogen) atoms. The van der Waals surface area contributed by atoms with Gasteiger partial charge in [-0.3, -0.25) is 0 Å². The van der Waals surface area contributed by atoms with Gasteiger partial charge >= 0.3 is 15.3 Å². The van der Waals surface area contributed by atoms with E-state index < -0.39 is 9.28 Å². The van der Waals surface area contributed by atoms with Crippen molar-refractivity contribution < 1.29 is 18.4 Å². The smallest absolute Gasteiger partial charge is 0.330 e. The van der Waals surface area contributed by atoms with Crippen LogP contribution in [-0.2, 0) is 18.4 Å². The van der Waals surface area contributed by atoms with Gasteiger partial charge in [-0.15, -0.1) is 0 Å². The van der Waals surface area contributed by atoms with E-state index in [1.54, 1.807) is 13.0 Å². The Labute approximate surface area is 106 Å². The summed E-state index contributed by atoms with van der Waals surface area (Å²) in [4.78, 5) is 11.1. The zero-order valence-corrected chi connectivity index (χ0v) is 12.3. The first-order valence-corrected chi connectivity index (χ1v) is 8.03. The van der Waals surface area contributed by atoms with E-state index >= 15 is 0 Å². The SMILES string of the molecule is CC=CC(=O)OCC[SiH](OCCC)OCCC. The number of carbonyl (C=O) groups excluding carboxylic acids is 1. The number of hydrogen-bond donors (Lipinski definition) is 0. The Morgan fingerprint density at radius 1 is 1.12 bits per heavy atom. The fraction of sp³-hybridized carbons (Fsp3) is 0.750. The second kappa shape index (κ2) is 11.8. The Morgan fingerprint density at radius 3 is 2.18 bits per heavy atom. The van der Waals surface area contributed by atoms with Crippen LogP contribution in [0.2, 0.25) is 6.04 Å². The summed E-state index contributed by atoms with van der Waals surface area (Å²) >= 11 is 0. The van der Waals surface area contributed by atoms with Gasteiger partial charge in [0, 0.05) is 25.3 Å². The Balaban J connectivity index is 3.77. The van der Waals surface area contributed by atoms with Crippen LogP contribution in [0.4, 0.5) is 0 Å². The summed E-state index contributed by atoms with van der Waals surface area (Å²) in [7, 11) is -1.65. The summed E-state index contributed by atoms with van der Waals surface area (Å²) in [5, 5.41) is 0. The summed E-state index contributed by atoms with van der Waals surface area (Å²) in [5.74, 6) is -0.300. The van der Waals surface area contributed by atoms with E-state index in [-0.39, 0.29) is 5.97 Å². The van der Waals surface area contributed by atoms with Gasteiger partial charge in [-0.25, -0.2) is 4.79 Å². The van der Waals surface area contributed by atoms with Gasteiger partial charge in [0.1, 0.15) is 0 Å². The summed E-state index contributed by atoms with van der Waals surface area (Å²) in [6, 6.07) is 0.712. The molecule has 0 aromatic heterocycles. The van der Waals surface area contributed by atoms with Gasteiger partial charge in [-0.1, -0.05) is 19.9 Å². The summed E-state index contributed by atoms with van der Waals surface area (Å²) in [6.45, 7) is 7.75. The fourth-order valence-electron chi connectivity index (χ4n) is 1.15. The number of esters is 1. The highest BCUT2D eigenvalue weighted by Gasteiger charge is 2.13. The minimum atomic E-state index is -1.65. The summed E-state index contributed by atoms with van der Waals surface area (Å²) in [5.41, 5.74) is 0. The molecule has 0 unspecified atom stereocenters. The predicted octanol–water partition coefficient (Wildman–Crippen LogP) is 2.18. The van der Waals surface area contributed by atoms with Crippen LogP contribution in [0.3, 0.4) is 0 Å². The molecule has 0 saturated heterocycles. The molecule has 0 aromatic carbocycles. The van der Waals surface area contributed by atoms with E-state index in [1.165, 1.54) is 6.08 Å². The Hall–Kier alpha value is -0.653. The maximum Gasteiger partial charge on any atom is 0.330 e. The normalized spacial score (nSPS) is 11.3. The third kappa shape index (κ3) is 10.2. The molecule has 0 bridgehead atoms. The molecule has 0 aliphatic rings. The van der Waals surface area contributed by atoms with Crippen LogP contribution in [0, 0.1) is 0 Å². The van der Waals surface area contributed by atoms with Crippen molar-refractivity contribution in [1.29, 1.82) is 0 Å². The molecule has 0 fully saturated rings. The lowest BCUT2D eigenvalue weighted by molar-refractivity contribution is -0.137. The minimum Gasteiger partial charge on any atom is -0.463 e. The first-order chi connectivity index (χ1) is 8.24. The molecule has 0 heterocycles. The molecule has 0 atom stereocenters. The van der Waals surface area contributed by atoms with Crippen LogP contribution in [0.15, 0.2) is 12.2 Å². The maximum atomic E-state index is 11.1. The van der Waals surface area contributed by atoms with E-state index in [9.17, 15) is 4.79 Å². The van der Waals surface area contributed by atoms with Crippen molar-refractivity contribution in [2.75, 3.05) is 19.8 Å². The van der Waals surface area contributed by atoms with Gasteiger partial charge in [0.25, 0.3) is 0 Å². The van der Waals surface area contributed by atoms with Crippen molar-refractivity contribution in [2.24, 2.45) is 0 Å². The maximum absolute atomic E-state index is 11.1. The lowest BCUT2D eigenvalue weighted by Crippen LogP contribution is -2.26. The van der Waals surface area contributed by atoms with Crippen molar-refractivity contribution in [1.82, 2.24) is 0 Å². The largest absolute Gasteiger partial charge is 0.463 e. The van der Waals surface area contributed by atoms with Crippen LogP contribution in [-0.4, -0.2) is 35.1 Å². The van der Waals surface area contributed by atoms with Crippen molar-refractivity contribution >= 4 is 15.3 Å². The van der Waals surface area contributed by atoms with Crippen LogP contribution >= 0.6 is 0 Å². The molecule has 0 N–H and O–H groups in total. The lowest BCUT2D eigenvalue weighted by Gasteiger charge is -2.15. The number of hydrogen-bond acceptors (Lipinski definition) is 4. The van der Waals surface area contributed by atoms with Crippen molar-refractivity contribution in [3.63, 3.8) is 0 Å². The van der Waals surface area contributed by atoms with E-state index in [2.05, 4.69) is 13.8 Å². The van der Waals surface area contributed by atoms with E-state index in [1.807, 2.05) is 0 Å². The zero-order chi connectivity index (χ0) is 12.9. The molecule has 0 rings (SSSR count). The van der Waals surface area contributed by atoms with Crippen LogP contribution < -0.4 is 0 Å². The highest BCUT2D eigenvalue weighted by atomic mass is 28.3. The Kier molecular flexibility index (Phi) is 11.4. The van der Waals surface area contributed by atoms with Crippen molar-refractivity contribution in [3.05, 3.63) is 12.2 Å². The molecule has 0 spiro atoms. The van der Waals surface area contributed by atoms with E-state index in [0.717, 1.165) is 26.1 Å². The van der Waals surface area contributed by atoms with Crippen LogP contribution in [0.1, 0.15) is 33.6 Å². The number of carbonyl (C=O) groups is 1. The number of ether oxygens (including phenoxy) is 1. The average molecular weight is 260 g/mol. The van der Waals surface area contributed by atoms with Crippen LogP contribution in [0.5, 0.6) is 0 Å². The third-order valence-corrected chi connectivity index (χ3v) is 3.84. The monoisotopic (exact) mass is 260 g/mol. The zero-order valence-electron chi connectivity index (χ0n) is 11.1. The first-order valence-electron chi connectivity index (χ1n) is 6.27. The Morgan fingerprint density at radius 2 is 1.71 bits per heavy atom. The number of rotatable bonds is 10. The highest BCUT2D eigenvalue weighted by molar-refractivity contribution is 6.44. The first kappa shape index (κ1) is 16.3. The standard InChI is InChI=1S/C12H24O4Si/c1-4-7-12(13)14-10-11-17(15-8-5-2)16-9-6-3/h4,7,17H,5-6,8-11H2,1-3H3. The second-order valence-electron chi connectivity index (χ2n) is 3.63. The van der Waals surface area contributed by atoms with Crippen molar-refractivity contribution in [3.8, 4) is 0 Å². The summed E-state index contributed by atoms with van der Waals surface area (Å²) in [6.07, 6.45) is 5.05.